The zero-order valence-corrected chi connectivity index (χ0v) is 20.7. The Hall–Kier alpha value is -4.14. The van der Waals surface area contributed by atoms with Crippen molar-refractivity contribution in [3.05, 3.63) is 71.9 Å². The highest BCUT2D eigenvalue weighted by Crippen LogP contribution is 2.22. The average molecular weight is 502 g/mol. The van der Waals surface area contributed by atoms with Crippen LogP contribution in [0.2, 0.25) is 0 Å². The lowest BCUT2D eigenvalue weighted by molar-refractivity contribution is -0.143. The maximum Gasteiger partial charge on any atom is 0.246 e. The summed E-state index contributed by atoms with van der Waals surface area (Å²) in [5.41, 5.74) is 2.68. The van der Waals surface area contributed by atoms with Gasteiger partial charge in [-0.15, -0.1) is 0 Å². The van der Waals surface area contributed by atoms with Crippen LogP contribution in [0.3, 0.4) is 0 Å². The van der Waals surface area contributed by atoms with Crippen LogP contribution in [0.25, 0.3) is 10.9 Å². The Balaban J connectivity index is 1.48. The van der Waals surface area contributed by atoms with Crippen molar-refractivity contribution in [3.8, 4) is 0 Å². The summed E-state index contributed by atoms with van der Waals surface area (Å²) in [5, 5.41) is 9.43. The lowest BCUT2D eigenvalue weighted by Gasteiger charge is -2.32. The molecule has 0 unspecified atom stereocenters. The molecule has 37 heavy (non-hydrogen) atoms. The molecule has 4 amide bonds. The van der Waals surface area contributed by atoms with Crippen molar-refractivity contribution in [1.29, 1.82) is 0 Å². The van der Waals surface area contributed by atoms with Crippen molar-refractivity contribution in [3.63, 3.8) is 0 Å². The van der Waals surface area contributed by atoms with Crippen LogP contribution >= 0.6 is 0 Å². The molecule has 2 aromatic carbocycles. The largest absolute Gasteiger partial charge is 0.361 e. The lowest BCUT2D eigenvalue weighted by Crippen LogP contribution is -2.61. The van der Waals surface area contributed by atoms with E-state index >= 15 is 0 Å². The van der Waals surface area contributed by atoms with Crippen LogP contribution in [0, 0.1) is 0 Å². The van der Waals surface area contributed by atoms with Gasteiger partial charge in [-0.3, -0.25) is 19.2 Å². The van der Waals surface area contributed by atoms with Crippen molar-refractivity contribution < 1.29 is 19.2 Å². The van der Waals surface area contributed by atoms with Crippen LogP contribution in [0.4, 0.5) is 0 Å². The van der Waals surface area contributed by atoms with Crippen LogP contribution in [-0.2, 0) is 32.0 Å². The van der Waals surface area contributed by atoms with Crippen molar-refractivity contribution in [2.75, 3.05) is 6.54 Å². The molecule has 2 aliphatic rings. The van der Waals surface area contributed by atoms with Crippen molar-refractivity contribution in [2.24, 2.45) is 0 Å². The summed E-state index contributed by atoms with van der Waals surface area (Å²) in [7, 11) is 0. The first kappa shape index (κ1) is 24.5. The van der Waals surface area contributed by atoms with E-state index in [9.17, 15) is 19.2 Å². The molecule has 0 bridgehead atoms. The molecule has 5 rings (SSSR count). The molecule has 3 heterocycles. The van der Waals surface area contributed by atoms with Gasteiger partial charge >= 0.3 is 0 Å². The quantitative estimate of drug-likeness (QED) is 0.432. The molecular formula is C28H31N5O4. The van der Waals surface area contributed by atoms with Gasteiger partial charge in [-0.1, -0.05) is 48.5 Å². The van der Waals surface area contributed by atoms with E-state index in [4.69, 9.17) is 0 Å². The Labute approximate surface area is 215 Å². The lowest BCUT2D eigenvalue weighted by atomic mass is 10.0. The summed E-state index contributed by atoms with van der Waals surface area (Å²) in [6.07, 6.45) is 3.52. The van der Waals surface area contributed by atoms with Crippen molar-refractivity contribution in [1.82, 2.24) is 25.8 Å². The van der Waals surface area contributed by atoms with E-state index in [2.05, 4.69) is 20.9 Å². The van der Waals surface area contributed by atoms with Gasteiger partial charge in [-0.05, 0) is 37.0 Å². The molecule has 4 N–H and O–H groups in total. The number of carbonyl (C=O) groups is 4. The van der Waals surface area contributed by atoms with Crippen molar-refractivity contribution in [2.45, 2.75) is 56.8 Å². The molecule has 0 spiro atoms. The van der Waals surface area contributed by atoms with E-state index in [0.29, 0.717) is 19.4 Å². The summed E-state index contributed by atoms with van der Waals surface area (Å²) in [4.78, 5) is 58.2. The topological polar surface area (TPSA) is 123 Å². The van der Waals surface area contributed by atoms with E-state index in [1.54, 1.807) is 11.8 Å². The Bertz CT molecular complexity index is 1320. The molecule has 192 valence electrons. The summed E-state index contributed by atoms with van der Waals surface area (Å²) in [5.74, 6) is -1.54. The van der Waals surface area contributed by atoms with Crippen LogP contribution < -0.4 is 16.0 Å². The fraction of sp³-hybridized carbons (Fsp3) is 0.357. The average Bonchev–Trinajstić information content (AvgIpc) is 3.55. The van der Waals surface area contributed by atoms with Gasteiger partial charge in [0.15, 0.2) is 0 Å². The predicted octanol–water partition coefficient (Wildman–Crippen LogP) is 1.43. The minimum absolute atomic E-state index is 0.223. The molecule has 2 fully saturated rings. The molecule has 0 radical (unpaired) electrons. The van der Waals surface area contributed by atoms with Crippen LogP contribution in [0.1, 0.15) is 30.9 Å². The SMILES string of the molecule is C[C@@H]1NC(=O)[C@@H]2CCCN2C(=O)[C@H](Cc2ccccc2)NC(=O)[C@H](Cc2c[nH]c3ccccc23)NC1=O. The zero-order valence-electron chi connectivity index (χ0n) is 20.7. The maximum absolute atomic E-state index is 13.7. The molecular weight excluding hydrogens is 470 g/mol. The number of fused-ring (bicyclic) bond motifs is 2. The van der Waals surface area contributed by atoms with Crippen LogP contribution in [0.5, 0.6) is 0 Å². The number of para-hydroxylation sites is 1. The van der Waals surface area contributed by atoms with Gasteiger partial charge in [0.25, 0.3) is 0 Å². The number of aromatic amines is 1. The van der Waals surface area contributed by atoms with Gasteiger partial charge in [-0.25, -0.2) is 0 Å². The zero-order chi connectivity index (χ0) is 25.9. The fourth-order valence-electron chi connectivity index (χ4n) is 5.23. The molecule has 3 aromatic rings. The minimum atomic E-state index is -0.939. The summed E-state index contributed by atoms with van der Waals surface area (Å²) >= 11 is 0. The molecule has 9 heteroatoms. The highest BCUT2D eigenvalue weighted by atomic mass is 16.2. The van der Waals surface area contributed by atoms with Crippen molar-refractivity contribution >= 4 is 34.5 Å². The van der Waals surface area contributed by atoms with E-state index in [1.165, 1.54) is 0 Å². The Morgan fingerprint density at radius 3 is 2.35 bits per heavy atom. The third-order valence-corrected chi connectivity index (χ3v) is 7.22. The second-order valence-corrected chi connectivity index (χ2v) is 9.80. The third-order valence-electron chi connectivity index (χ3n) is 7.22. The van der Waals surface area contributed by atoms with Gasteiger partial charge in [0.1, 0.15) is 24.2 Å². The van der Waals surface area contributed by atoms with Gasteiger partial charge in [0, 0.05) is 36.5 Å². The molecule has 0 aliphatic carbocycles. The summed E-state index contributed by atoms with van der Waals surface area (Å²) in [6.45, 7) is 2.01. The summed E-state index contributed by atoms with van der Waals surface area (Å²) < 4.78 is 0. The molecule has 2 saturated heterocycles. The molecule has 0 saturated carbocycles. The number of rotatable bonds is 4. The Morgan fingerprint density at radius 1 is 0.811 bits per heavy atom. The number of benzene rings is 2. The number of carbonyl (C=O) groups excluding carboxylic acids is 4. The molecule has 4 atom stereocenters. The first-order chi connectivity index (χ1) is 17.9. The number of amides is 4. The fourth-order valence-corrected chi connectivity index (χ4v) is 5.23. The van der Waals surface area contributed by atoms with Gasteiger partial charge < -0.3 is 25.8 Å². The first-order valence-corrected chi connectivity index (χ1v) is 12.7. The second kappa shape index (κ2) is 10.5. The highest BCUT2D eigenvalue weighted by Gasteiger charge is 2.40. The summed E-state index contributed by atoms with van der Waals surface area (Å²) in [6, 6.07) is 13.8. The monoisotopic (exact) mass is 501 g/mol. The molecule has 1 aromatic heterocycles. The predicted molar refractivity (Wildman–Crippen MR) is 138 cm³/mol. The second-order valence-electron chi connectivity index (χ2n) is 9.80. The first-order valence-electron chi connectivity index (χ1n) is 12.7. The standard InChI is InChI=1S/C28H31N5O4/c1-17-25(34)31-22(15-19-16-29-21-11-6-5-10-20(19)21)26(35)32-23(14-18-8-3-2-4-9-18)28(37)33-13-7-12-24(33)27(36)30-17/h2-6,8-11,16-17,22-24,29H,7,12-15H2,1H3,(H,30,36)(H,31,34)(H,32,35)/t17-,22-,23-,24-/m0/s1. The van der Waals surface area contributed by atoms with Crippen LogP contribution in [-0.4, -0.2) is 64.2 Å². The number of nitrogens with one attached hydrogen (secondary N) is 4. The van der Waals surface area contributed by atoms with Gasteiger partial charge in [-0.2, -0.15) is 0 Å². The third kappa shape index (κ3) is 5.21. The van der Waals surface area contributed by atoms with E-state index < -0.39 is 36.0 Å². The number of hydrogen-bond acceptors (Lipinski definition) is 4. The normalized spacial score (nSPS) is 25.1. The maximum atomic E-state index is 13.7. The van der Waals surface area contributed by atoms with E-state index in [-0.39, 0.29) is 24.7 Å². The van der Waals surface area contributed by atoms with Gasteiger partial charge in [0.2, 0.25) is 23.6 Å². The Kier molecular flexibility index (Phi) is 6.94. The van der Waals surface area contributed by atoms with Crippen LogP contribution in [0.15, 0.2) is 60.8 Å². The number of aromatic nitrogens is 1. The smallest absolute Gasteiger partial charge is 0.246 e. The Morgan fingerprint density at radius 2 is 1.54 bits per heavy atom. The highest BCUT2D eigenvalue weighted by molar-refractivity contribution is 5.98. The van der Waals surface area contributed by atoms with E-state index in [0.717, 1.165) is 22.0 Å². The minimum Gasteiger partial charge on any atom is -0.361 e. The van der Waals surface area contributed by atoms with E-state index in [1.807, 2.05) is 60.8 Å². The molecule has 2 aliphatic heterocycles. The molecule has 9 nitrogen and oxygen atoms in total. The number of hydrogen-bond donors (Lipinski definition) is 4. The number of H-pyrrole nitrogens is 1. The van der Waals surface area contributed by atoms with Gasteiger partial charge in [0.05, 0.1) is 0 Å². The number of nitrogens with zero attached hydrogens (tertiary/aromatic N) is 1.